The highest BCUT2D eigenvalue weighted by atomic mass is 14.9. The molecule has 0 aromatic rings. The minimum Gasteiger partial charge on any atom is -0.310 e. The van der Waals surface area contributed by atoms with Crippen molar-refractivity contribution in [2.45, 2.75) is 77.3 Å². The molecule has 24 heavy (non-hydrogen) atoms. The molecule has 0 spiro atoms. The van der Waals surface area contributed by atoms with Gasteiger partial charge in [-0.3, -0.25) is 0 Å². The van der Waals surface area contributed by atoms with Crippen LogP contribution in [0.25, 0.3) is 9.69 Å². The molecule has 0 amide bonds. The Bertz CT molecular complexity index is 612. The molecule has 4 aliphatic carbocycles. The first-order valence-corrected chi connectivity index (χ1v) is 10.1. The standard InChI is InChI=1S/C22H32N2/c1-13-11-15-12-22(4,24-6)14(2)17-7-8-18-20(19(15)17)16(13)9-10-21(18,3)23-5/h13-20H,7-12H2,1-4H3/t13-,14-,15-,16+,17+,18-,19+,20+,21-,22+/m0/s1. The quantitative estimate of drug-likeness (QED) is 0.505. The molecule has 0 radical (unpaired) electrons. The van der Waals surface area contributed by atoms with Crippen LogP contribution >= 0.6 is 0 Å². The van der Waals surface area contributed by atoms with Crippen molar-refractivity contribution in [1.29, 1.82) is 0 Å². The number of nitrogens with zero attached hydrogens (tertiary/aromatic N) is 2. The third kappa shape index (κ3) is 1.98. The largest absolute Gasteiger partial charge is 0.310 e. The molecule has 4 rings (SSSR count). The Morgan fingerprint density at radius 2 is 1.58 bits per heavy atom. The topological polar surface area (TPSA) is 8.72 Å². The molecule has 0 aliphatic heterocycles. The van der Waals surface area contributed by atoms with E-state index in [2.05, 4.69) is 37.4 Å². The molecule has 10 atom stereocenters. The molecule has 2 nitrogen and oxygen atoms in total. The van der Waals surface area contributed by atoms with E-state index in [0.717, 1.165) is 48.3 Å². The average molecular weight is 325 g/mol. The first kappa shape index (κ1) is 16.4. The van der Waals surface area contributed by atoms with E-state index in [1.807, 2.05) is 0 Å². The van der Waals surface area contributed by atoms with E-state index in [-0.39, 0.29) is 11.1 Å². The van der Waals surface area contributed by atoms with E-state index in [0.29, 0.717) is 11.8 Å². The van der Waals surface area contributed by atoms with Crippen molar-refractivity contribution in [3.05, 3.63) is 22.8 Å². The van der Waals surface area contributed by atoms with Crippen molar-refractivity contribution >= 4 is 0 Å². The van der Waals surface area contributed by atoms with E-state index in [1.54, 1.807) is 0 Å². The van der Waals surface area contributed by atoms with Crippen LogP contribution in [0.5, 0.6) is 0 Å². The van der Waals surface area contributed by atoms with Gasteiger partial charge in [-0.1, -0.05) is 13.8 Å². The van der Waals surface area contributed by atoms with Crippen molar-refractivity contribution in [2.24, 2.45) is 47.3 Å². The van der Waals surface area contributed by atoms with Gasteiger partial charge in [0, 0.05) is 38.5 Å². The van der Waals surface area contributed by atoms with Gasteiger partial charge in [0.1, 0.15) is 0 Å². The van der Waals surface area contributed by atoms with Crippen LogP contribution in [0.2, 0.25) is 0 Å². The number of hydrogen-bond donors (Lipinski definition) is 0. The lowest BCUT2D eigenvalue weighted by molar-refractivity contribution is -0.138. The summed E-state index contributed by atoms with van der Waals surface area (Å²) < 4.78 is 0. The van der Waals surface area contributed by atoms with Gasteiger partial charge in [-0.15, -0.1) is 0 Å². The highest BCUT2D eigenvalue weighted by molar-refractivity contribution is 5.17. The lowest BCUT2D eigenvalue weighted by Crippen LogP contribution is -2.61. The molecule has 4 fully saturated rings. The second kappa shape index (κ2) is 5.24. The molecule has 0 bridgehead atoms. The second-order valence-corrected chi connectivity index (χ2v) is 10.1. The molecule has 130 valence electrons. The van der Waals surface area contributed by atoms with Crippen molar-refractivity contribution in [2.75, 3.05) is 0 Å². The molecule has 0 N–H and O–H groups in total. The summed E-state index contributed by atoms with van der Waals surface area (Å²) in [6.07, 6.45) is 7.32. The molecule has 4 saturated carbocycles. The van der Waals surface area contributed by atoms with Crippen molar-refractivity contribution < 1.29 is 0 Å². The van der Waals surface area contributed by atoms with Gasteiger partial charge >= 0.3 is 0 Å². The van der Waals surface area contributed by atoms with Crippen molar-refractivity contribution in [3.63, 3.8) is 0 Å². The lowest BCUT2D eigenvalue weighted by atomic mass is 9.41. The zero-order chi connectivity index (χ0) is 17.3. The molecule has 0 unspecified atom stereocenters. The first-order chi connectivity index (χ1) is 11.3. The summed E-state index contributed by atoms with van der Waals surface area (Å²) in [5.74, 6) is 5.80. The maximum absolute atomic E-state index is 7.85. The van der Waals surface area contributed by atoms with Crippen molar-refractivity contribution in [3.8, 4) is 0 Å². The van der Waals surface area contributed by atoms with Gasteiger partial charge in [0.25, 0.3) is 0 Å². The molecule has 4 aliphatic rings. The molecular weight excluding hydrogens is 292 g/mol. The zero-order valence-corrected chi connectivity index (χ0v) is 15.8. The van der Waals surface area contributed by atoms with E-state index in [1.165, 1.54) is 25.7 Å². The van der Waals surface area contributed by atoms with Gasteiger partial charge in [-0.2, -0.15) is 0 Å². The van der Waals surface area contributed by atoms with Gasteiger partial charge < -0.3 is 9.69 Å². The zero-order valence-electron chi connectivity index (χ0n) is 15.8. The van der Waals surface area contributed by atoms with Crippen LogP contribution < -0.4 is 0 Å². The summed E-state index contributed by atoms with van der Waals surface area (Å²) in [5, 5.41) is 0. The summed E-state index contributed by atoms with van der Waals surface area (Å²) in [6, 6.07) is 0. The van der Waals surface area contributed by atoms with Gasteiger partial charge in [0.15, 0.2) is 0 Å². The van der Waals surface area contributed by atoms with Gasteiger partial charge in [-0.25, -0.2) is 13.1 Å². The Balaban J connectivity index is 1.76. The van der Waals surface area contributed by atoms with Crippen LogP contribution in [0.15, 0.2) is 0 Å². The SMILES string of the molecule is [C-]#[N+][C@]1(C)C[C@@H]2C[C@H](C)[C@H]3CC[C@](C)([N+]#[C-])[C@H]4CC[C@@H]([C@@H]2[C@H]34)[C@@H]1C. The number of hydrogen-bond acceptors (Lipinski definition) is 0. The van der Waals surface area contributed by atoms with E-state index >= 15 is 0 Å². The fourth-order valence-electron chi connectivity index (χ4n) is 7.86. The van der Waals surface area contributed by atoms with E-state index in [4.69, 9.17) is 13.1 Å². The van der Waals surface area contributed by atoms with E-state index in [9.17, 15) is 0 Å². The lowest BCUT2D eigenvalue weighted by Gasteiger charge is -2.62. The Morgan fingerprint density at radius 3 is 2.25 bits per heavy atom. The summed E-state index contributed by atoms with van der Waals surface area (Å²) in [5.41, 5.74) is -0.263. The Morgan fingerprint density at radius 1 is 0.875 bits per heavy atom. The Labute approximate surface area is 148 Å². The summed E-state index contributed by atoms with van der Waals surface area (Å²) in [7, 11) is 0. The monoisotopic (exact) mass is 324 g/mol. The minimum atomic E-state index is -0.150. The van der Waals surface area contributed by atoms with Crippen LogP contribution in [0.4, 0.5) is 0 Å². The second-order valence-electron chi connectivity index (χ2n) is 10.1. The van der Waals surface area contributed by atoms with Gasteiger partial charge in [0.2, 0.25) is 11.1 Å². The average Bonchev–Trinajstić information content (AvgIpc) is 2.58. The molecule has 2 heteroatoms. The maximum atomic E-state index is 7.85. The van der Waals surface area contributed by atoms with Gasteiger partial charge in [-0.05, 0) is 61.2 Å². The fraction of sp³-hybridized carbons (Fsp3) is 0.909. The van der Waals surface area contributed by atoms with Crippen molar-refractivity contribution in [1.82, 2.24) is 0 Å². The third-order valence-electron chi connectivity index (χ3n) is 9.25. The smallest absolute Gasteiger partial charge is 0.232 e. The summed E-state index contributed by atoms with van der Waals surface area (Å²) >= 11 is 0. The van der Waals surface area contributed by atoms with Crippen LogP contribution in [0, 0.1) is 60.5 Å². The minimum absolute atomic E-state index is 0.114. The van der Waals surface area contributed by atoms with E-state index < -0.39 is 0 Å². The highest BCUT2D eigenvalue weighted by Gasteiger charge is 2.65. The highest BCUT2D eigenvalue weighted by Crippen LogP contribution is 2.66. The van der Waals surface area contributed by atoms with Crippen LogP contribution in [-0.2, 0) is 0 Å². The predicted molar refractivity (Wildman–Crippen MR) is 97.0 cm³/mol. The molecule has 0 heterocycles. The molecule has 0 saturated heterocycles. The Hall–Kier alpha value is -1.02. The van der Waals surface area contributed by atoms with Crippen LogP contribution in [-0.4, -0.2) is 11.1 Å². The van der Waals surface area contributed by atoms with Crippen LogP contribution in [0.3, 0.4) is 0 Å². The molecule has 0 aromatic carbocycles. The maximum Gasteiger partial charge on any atom is 0.232 e. The summed E-state index contributed by atoms with van der Waals surface area (Å²) in [4.78, 5) is 8.32. The summed E-state index contributed by atoms with van der Waals surface area (Å²) in [6.45, 7) is 25.0. The Kier molecular flexibility index (Phi) is 3.59. The molecule has 0 aromatic heterocycles. The third-order valence-corrected chi connectivity index (χ3v) is 9.25. The molecular formula is C22H32N2. The number of rotatable bonds is 0. The predicted octanol–water partition coefficient (Wildman–Crippen LogP) is 5.71. The fourth-order valence-corrected chi connectivity index (χ4v) is 7.86. The van der Waals surface area contributed by atoms with Gasteiger partial charge in [0.05, 0.1) is 0 Å². The first-order valence-electron chi connectivity index (χ1n) is 10.1. The normalized spacial score (nSPS) is 58.9. The van der Waals surface area contributed by atoms with Crippen LogP contribution in [0.1, 0.15) is 66.2 Å².